The Balaban J connectivity index is 2.34. The van der Waals surface area contributed by atoms with E-state index in [0.717, 1.165) is 15.8 Å². The number of hydrogen-bond donors (Lipinski definition) is 2. The fraction of sp³-hybridized carbons (Fsp3) is 0. The number of nitriles is 1. The molecule has 0 aliphatic rings. The van der Waals surface area contributed by atoms with E-state index in [0.29, 0.717) is 16.3 Å². The second-order valence-electron chi connectivity index (χ2n) is 3.66. The number of halogens is 2. The van der Waals surface area contributed by atoms with E-state index < -0.39 is 0 Å². The number of nitrogens with zero attached hydrogens (tertiary/aromatic N) is 1. The zero-order valence-electron chi connectivity index (χ0n) is 9.24. The van der Waals surface area contributed by atoms with Crippen LogP contribution in [0.3, 0.4) is 0 Å². The molecule has 90 valence electrons. The molecule has 0 aliphatic heterocycles. The molecule has 0 saturated carbocycles. The summed E-state index contributed by atoms with van der Waals surface area (Å²) in [5.74, 6) is 0. The van der Waals surface area contributed by atoms with Crippen LogP contribution in [-0.2, 0) is 0 Å². The summed E-state index contributed by atoms with van der Waals surface area (Å²) in [5.41, 5.74) is 8.47. The third-order valence-electron chi connectivity index (χ3n) is 2.38. The smallest absolute Gasteiger partial charge is 0.0992 e. The average molecular weight is 323 g/mol. The van der Waals surface area contributed by atoms with Crippen molar-refractivity contribution in [3.63, 3.8) is 0 Å². The largest absolute Gasteiger partial charge is 0.397 e. The lowest BCUT2D eigenvalue weighted by atomic mass is 10.2. The zero-order valence-corrected chi connectivity index (χ0v) is 11.6. The Hall–Kier alpha value is -1.70. The van der Waals surface area contributed by atoms with E-state index in [1.807, 2.05) is 12.1 Å². The predicted molar refractivity (Wildman–Crippen MR) is 78.0 cm³/mol. The van der Waals surface area contributed by atoms with Gasteiger partial charge in [0.15, 0.2) is 0 Å². The van der Waals surface area contributed by atoms with E-state index in [2.05, 4.69) is 21.2 Å². The molecule has 0 spiro atoms. The molecule has 0 heterocycles. The van der Waals surface area contributed by atoms with Crippen molar-refractivity contribution in [3.8, 4) is 6.07 Å². The van der Waals surface area contributed by atoms with Crippen molar-refractivity contribution in [2.24, 2.45) is 0 Å². The molecular weight excluding hydrogens is 314 g/mol. The first kappa shape index (κ1) is 12.7. The summed E-state index contributed by atoms with van der Waals surface area (Å²) in [6, 6.07) is 12.6. The Bertz CT molecular complexity index is 635. The van der Waals surface area contributed by atoms with E-state index in [-0.39, 0.29) is 0 Å². The van der Waals surface area contributed by atoms with Crippen LogP contribution < -0.4 is 11.1 Å². The van der Waals surface area contributed by atoms with Crippen molar-refractivity contribution in [1.82, 2.24) is 0 Å². The van der Waals surface area contributed by atoms with Crippen molar-refractivity contribution in [2.75, 3.05) is 11.1 Å². The normalized spacial score (nSPS) is 9.83. The summed E-state index contributed by atoms with van der Waals surface area (Å²) >= 11 is 9.36. The average Bonchev–Trinajstić information content (AvgIpc) is 2.36. The maximum absolute atomic E-state index is 8.77. The van der Waals surface area contributed by atoms with Crippen molar-refractivity contribution in [2.45, 2.75) is 0 Å². The number of anilines is 3. The summed E-state index contributed by atoms with van der Waals surface area (Å²) in [6.45, 7) is 0. The molecular formula is C13H9BrClN3. The summed E-state index contributed by atoms with van der Waals surface area (Å²) < 4.78 is 0.885. The van der Waals surface area contributed by atoms with E-state index >= 15 is 0 Å². The van der Waals surface area contributed by atoms with Gasteiger partial charge in [-0.3, -0.25) is 0 Å². The standard InChI is InChI=1S/C13H9BrClN3/c14-10-3-2-9(15)6-13(10)18-12-4-1-8(7-16)5-11(12)17/h1-6,18H,17H2. The second-order valence-corrected chi connectivity index (χ2v) is 4.95. The molecule has 0 unspecified atom stereocenters. The molecule has 0 aliphatic carbocycles. The molecule has 0 aromatic heterocycles. The van der Waals surface area contributed by atoms with Gasteiger partial charge in [0.05, 0.1) is 28.7 Å². The van der Waals surface area contributed by atoms with Crippen LogP contribution in [0.2, 0.25) is 5.02 Å². The number of nitrogens with one attached hydrogen (secondary N) is 1. The van der Waals surface area contributed by atoms with Gasteiger partial charge in [0.2, 0.25) is 0 Å². The fourth-order valence-electron chi connectivity index (χ4n) is 1.48. The Kier molecular flexibility index (Phi) is 3.75. The van der Waals surface area contributed by atoms with Crippen LogP contribution in [-0.4, -0.2) is 0 Å². The number of benzene rings is 2. The number of rotatable bonds is 2. The first-order valence-electron chi connectivity index (χ1n) is 5.12. The lowest BCUT2D eigenvalue weighted by Gasteiger charge is -2.11. The minimum absolute atomic E-state index is 0.515. The van der Waals surface area contributed by atoms with Crippen molar-refractivity contribution >= 4 is 44.6 Å². The highest BCUT2D eigenvalue weighted by Gasteiger charge is 2.05. The molecule has 2 aromatic rings. The van der Waals surface area contributed by atoms with Crippen LogP contribution >= 0.6 is 27.5 Å². The Morgan fingerprint density at radius 1 is 1.17 bits per heavy atom. The van der Waals surface area contributed by atoms with Gasteiger partial charge < -0.3 is 11.1 Å². The third kappa shape index (κ3) is 2.76. The van der Waals surface area contributed by atoms with Gasteiger partial charge in [-0.05, 0) is 52.3 Å². The number of nitrogen functional groups attached to an aromatic ring is 1. The van der Waals surface area contributed by atoms with Crippen LogP contribution in [0.5, 0.6) is 0 Å². The molecule has 3 N–H and O–H groups in total. The molecule has 0 fully saturated rings. The van der Waals surface area contributed by atoms with Crippen LogP contribution in [0.4, 0.5) is 17.1 Å². The summed E-state index contributed by atoms with van der Waals surface area (Å²) in [6.07, 6.45) is 0. The molecule has 0 bridgehead atoms. The SMILES string of the molecule is N#Cc1ccc(Nc2cc(Cl)ccc2Br)c(N)c1. The van der Waals surface area contributed by atoms with Crippen molar-refractivity contribution in [1.29, 1.82) is 5.26 Å². The van der Waals surface area contributed by atoms with E-state index in [9.17, 15) is 0 Å². The van der Waals surface area contributed by atoms with Gasteiger partial charge in [-0.2, -0.15) is 5.26 Å². The number of nitrogens with two attached hydrogens (primary N) is 1. The summed E-state index contributed by atoms with van der Waals surface area (Å²) in [5, 5.41) is 12.6. The lowest BCUT2D eigenvalue weighted by Crippen LogP contribution is -1.97. The maximum Gasteiger partial charge on any atom is 0.0992 e. The molecule has 2 rings (SSSR count). The zero-order chi connectivity index (χ0) is 13.1. The van der Waals surface area contributed by atoms with E-state index in [4.69, 9.17) is 22.6 Å². The molecule has 0 atom stereocenters. The van der Waals surface area contributed by atoms with Gasteiger partial charge in [-0.1, -0.05) is 11.6 Å². The van der Waals surface area contributed by atoms with Gasteiger partial charge in [0, 0.05) is 9.50 Å². The highest BCUT2D eigenvalue weighted by Crippen LogP contribution is 2.31. The van der Waals surface area contributed by atoms with E-state index in [1.54, 1.807) is 30.3 Å². The monoisotopic (exact) mass is 321 g/mol. The fourth-order valence-corrected chi connectivity index (χ4v) is 2.00. The minimum Gasteiger partial charge on any atom is -0.397 e. The minimum atomic E-state index is 0.515. The Morgan fingerprint density at radius 2 is 1.94 bits per heavy atom. The molecule has 0 saturated heterocycles. The van der Waals surface area contributed by atoms with Gasteiger partial charge in [0.1, 0.15) is 0 Å². The van der Waals surface area contributed by atoms with Crippen LogP contribution in [0.1, 0.15) is 5.56 Å². The quantitative estimate of drug-likeness (QED) is 0.810. The predicted octanol–water partition coefficient (Wildman–Crippen LogP) is 4.30. The highest BCUT2D eigenvalue weighted by molar-refractivity contribution is 9.10. The van der Waals surface area contributed by atoms with E-state index in [1.165, 1.54) is 0 Å². The first-order valence-corrected chi connectivity index (χ1v) is 6.29. The van der Waals surface area contributed by atoms with Gasteiger partial charge >= 0.3 is 0 Å². The molecule has 18 heavy (non-hydrogen) atoms. The molecule has 0 radical (unpaired) electrons. The van der Waals surface area contributed by atoms with Gasteiger partial charge in [0.25, 0.3) is 0 Å². The molecule has 0 amide bonds. The first-order chi connectivity index (χ1) is 8.60. The van der Waals surface area contributed by atoms with Crippen LogP contribution in [0.25, 0.3) is 0 Å². The van der Waals surface area contributed by atoms with Crippen molar-refractivity contribution < 1.29 is 0 Å². The third-order valence-corrected chi connectivity index (χ3v) is 3.31. The lowest BCUT2D eigenvalue weighted by molar-refractivity contribution is 1.47. The molecule has 2 aromatic carbocycles. The van der Waals surface area contributed by atoms with Crippen LogP contribution in [0.15, 0.2) is 40.9 Å². The number of hydrogen-bond acceptors (Lipinski definition) is 3. The Labute approximate surface area is 118 Å². The topological polar surface area (TPSA) is 61.8 Å². The second kappa shape index (κ2) is 5.30. The van der Waals surface area contributed by atoms with Gasteiger partial charge in [-0.25, -0.2) is 0 Å². The summed E-state index contributed by atoms with van der Waals surface area (Å²) in [4.78, 5) is 0. The maximum atomic E-state index is 8.77. The highest BCUT2D eigenvalue weighted by atomic mass is 79.9. The van der Waals surface area contributed by atoms with Crippen LogP contribution in [0, 0.1) is 11.3 Å². The van der Waals surface area contributed by atoms with Gasteiger partial charge in [-0.15, -0.1) is 0 Å². The van der Waals surface area contributed by atoms with Crippen molar-refractivity contribution in [3.05, 3.63) is 51.5 Å². The Morgan fingerprint density at radius 3 is 2.61 bits per heavy atom. The molecule has 3 nitrogen and oxygen atoms in total. The molecule has 5 heteroatoms. The summed E-state index contributed by atoms with van der Waals surface area (Å²) in [7, 11) is 0.